The molecule has 31 heavy (non-hydrogen) atoms. The Balaban J connectivity index is 2.04. The first-order valence-electron chi connectivity index (χ1n) is 8.96. The van der Waals surface area contributed by atoms with Crippen molar-refractivity contribution in [3.63, 3.8) is 0 Å². The van der Waals surface area contributed by atoms with Crippen LogP contribution in [-0.2, 0) is 12.7 Å². The lowest BCUT2D eigenvalue weighted by atomic mass is 10.1. The highest BCUT2D eigenvalue weighted by molar-refractivity contribution is 6.31. The number of carbonyl (C=O) groups excluding carboxylic acids is 1. The molecule has 0 N–H and O–H groups in total. The van der Waals surface area contributed by atoms with Crippen molar-refractivity contribution >= 4 is 17.5 Å². The quantitative estimate of drug-likeness (QED) is 0.541. The van der Waals surface area contributed by atoms with E-state index >= 15 is 0 Å². The van der Waals surface area contributed by atoms with Crippen LogP contribution >= 0.6 is 11.6 Å². The summed E-state index contributed by atoms with van der Waals surface area (Å²) in [7, 11) is 1.31. The molecular formula is C21H16ClF4N3O2. The maximum absolute atomic E-state index is 14.0. The van der Waals surface area contributed by atoms with Crippen molar-refractivity contribution in [1.82, 2.24) is 14.7 Å². The molecule has 0 spiro atoms. The van der Waals surface area contributed by atoms with E-state index in [0.717, 1.165) is 21.7 Å². The van der Waals surface area contributed by atoms with Crippen molar-refractivity contribution < 1.29 is 22.4 Å². The van der Waals surface area contributed by atoms with E-state index in [9.17, 15) is 27.2 Å². The van der Waals surface area contributed by atoms with Gasteiger partial charge in [-0.25, -0.2) is 9.07 Å². The molecule has 10 heteroatoms. The number of aryl methyl sites for hydroxylation is 1. The van der Waals surface area contributed by atoms with E-state index in [-0.39, 0.29) is 28.5 Å². The van der Waals surface area contributed by atoms with Gasteiger partial charge in [0.15, 0.2) is 5.69 Å². The number of rotatable bonds is 4. The lowest BCUT2D eigenvalue weighted by Gasteiger charge is -2.20. The summed E-state index contributed by atoms with van der Waals surface area (Å²) >= 11 is 5.98. The average molecular weight is 454 g/mol. The third kappa shape index (κ3) is 4.61. The summed E-state index contributed by atoms with van der Waals surface area (Å²) < 4.78 is 55.2. The second-order valence-electron chi connectivity index (χ2n) is 6.79. The molecule has 2 aromatic carbocycles. The molecule has 0 fully saturated rings. The Labute approximate surface area is 179 Å². The van der Waals surface area contributed by atoms with Crippen molar-refractivity contribution in [1.29, 1.82) is 0 Å². The van der Waals surface area contributed by atoms with E-state index < -0.39 is 34.6 Å². The first-order valence-corrected chi connectivity index (χ1v) is 9.34. The van der Waals surface area contributed by atoms with Gasteiger partial charge in [-0.3, -0.25) is 9.59 Å². The predicted molar refractivity (Wildman–Crippen MR) is 107 cm³/mol. The van der Waals surface area contributed by atoms with Crippen LogP contribution in [0.15, 0.2) is 53.3 Å². The molecule has 162 valence electrons. The molecule has 0 radical (unpaired) electrons. The fraction of sp³-hybridized carbons (Fsp3) is 0.190. The SMILES string of the molecule is Cc1cc(=O)c(C(=O)N(C)Cc2c(F)cccc2Cl)nn1-c1ccccc1C(F)(F)F. The van der Waals surface area contributed by atoms with Crippen LogP contribution in [-0.4, -0.2) is 27.6 Å². The summed E-state index contributed by atoms with van der Waals surface area (Å²) in [6.45, 7) is 1.14. The molecule has 0 aliphatic carbocycles. The Kier molecular flexibility index (Phi) is 6.17. The number of aromatic nitrogens is 2. The zero-order valence-electron chi connectivity index (χ0n) is 16.4. The first-order chi connectivity index (χ1) is 14.5. The van der Waals surface area contributed by atoms with E-state index in [1.807, 2.05) is 0 Å². The summed E-state index contributed by atoms with van der Waals surface area (Å²) in [5, 5.41) is 4.00. The molecule has 5 nitrogen and oxygen atoms in total. The minimum absolute atomic E-state index is 0.0369. The van der Waals surface area contributed by atoms with Gasteiger partial charge < -0.3 is 4.90 Å². The summed E-state index contributed by atoms with van der Waals surface area (Å²) in [5.74, 6) is -1.52. The molecule has 1 amide bonds. The molecule has 0 aliphatic heterocycles. The number of hydrogen-bond donors (Lipinski definition) is 0. The number of nitrogens with zero attached hydrogens (tertiary/aromatic N) is 3. The zero-order valence-corrected chi connectivity index (χ0v) is 17.1. The topological polar surface area (TPSA) is 55.2 Å². The number of hydrogen-bond acceptors (Lipinski definition) is 3. The van der Waals surface area contributed by atoms with Crippen molar-refractivity contribution in [2.75, 3.05) is 7.05 Å². The number of amides is 1. The van der Waals surface area contributed by atoms with Gasteiger partial charge in [0.1, 0.15) is 5.82 Å². The summed E-state index contributed by atoms with van der Waals surface area (Å²) in [4.78, 5) is 26.2. The molecule has 0 atom stereocenters. The van der Waals surface area contributed by atoms with Crippen LogP contribution in [0.25, 0.3) is 5.69 Å². The largest absolute Gasteiger partial charge is 0.418 e. The molecule has 0 aliphatic rings. The summed E-state index contributed by atoms with van der Waals surface area (Å²) in [5.41, 5.74) is -2.53. The minimum Gasteiger partial charge on any atom is -0.336 e. The van der Waals surface area contributed by atoms with Crippen LogP contribution < -0.4 is 5.43 Å². The second kappa shape index (κ2) is 8.50. The maximum Gasteiger partial charge on any atom is 0.418 e. The Bertz CT molecular complexity index is 1190. The van der Waals surface area contributed by atoms with Gasteiger partial charge in [-0.1, -0.05) is 29.8 Å². The van der Waals surface area contributed by atoms with Gasteiger partial charge >= 0.3 is 6.18 Å². The Morgan fingerprint density at radius 2 is 1.84 bits per heavy atom. The molecule has 0 bridgehead atoms. The summed E-state index contributed by atoms with van der Waals surface area (Å²) in [6.07, 6.45) is -4.67. The highest BCUT2D eigenvalue weighted by Crippen LogP contribution is 2.33. The number of halogens is 5. The van der Waals surface area contributed by atoms with Crippen molar-refractivity contribution in [2.24, 2.45) is 0 Å². The zero-order chi connectivity index (χ0) is 22.9. The monoisotopic (exact) mass is 453 g/mol. The minimum atomic E-state index is -4.67. The van der Waals surface area contributed by atoms with Crippen LogP contribution in [0.3, 0.4) is 0 Å². The fourth-order valence-corrected chi connectivity index (χ4v) is 3.23. The number of alkyl halides is 3. The first kappa shape index (κ1) is 22.5. The normalized spacial score (nSPS) is 11.5. The average Bonchev–Trinajstić information content (AvgIpc) is 2.70. The van der Waals surface area contributed by atoms with Gasteiger partial charge in [0.2, 0.25) is 5.43 Å². The third-order valence-electron chi connectivity index (χ3n) is 4.55. The van der Waals surface area contributed by atoms with Gasteiger partial charge in [0, 0.05) is 29.4 Å². The van der Waals surface area contributed by atoms with Crippen LogP contribution in [0.5, 0.6) is 0 Å². The Morgan fingerprint density at radius 3 is 2.48 bits per heavy atom. The van der Waals surface area contributed by atoms with E-state index in [2.05, 4.69) is 5.10 Å². The molecule has 3 rings (SSSR count). The smallest absolute Gasteiger partial charge is 0.336 e. The molecule has 0 unspecified atom stereocenters. The standard InChI is InChI=1S/C21H16ClF4N3O2/c1-12-10-18(30)19(20(31)28(2)11-13-15(22)7-5-8-16(13)23)27-29(12)17-9-4-3-6-14(17)21(24,25)26/h3-10H,11H2,1-2H3. The maximum atomic E-state index is 14.0. The fourth-order valence-electron chi connectivity index (χ4n) is 3.01. The van der Waals surface area contributed by atoms with E-state index in [0.29, 0.717) is 0 Å². The van der Waals surface area contributed by atoms with Crippen molar-refractivity contribution in [3.8, 4) is 5.69 Å². The molecule has 1 heterocycles. The van der Waals surface area contributed by atoms with Crippen LogP contribution in [0.2, 0.25) is 5.02 Å². The van der Waals surface area contributed by atoms with Crippen LogP contribution in [0.4, 0.5) is 17.6 Å². The van der Waals surface area contributed by atoms with Gasteiger partial charge in [0.05, 0.1) is 17.8 Å². The lowest BCUT2D eigenvalue weighted by molar-refractivity contribution is -0.137. The Hall–Kier alpha value is -3.20. The van der Waals surface area contributed by atoms with E-state index in [1.54, 1.807) is 0 Å². The highest BCUT2D eigenvalue weighted by Gasteiger charge is 2.34. The number of carbonyl (C=O) groups is 1. The molecule has 0 saturated carbocycles. The molecule has 0 saturated heterocycles. The van der Waals surface area contributed by atoms with E-state index in [4.69, 9.17) is 11.6 Å². The van der Waals surface area contributed by atoms with Gasteiger partial charge in [-0.15, -0.1) is 0 Å². The highest BCUT2D eigenvalue weighted by atomic mass is 35.5. The number of benzene rings is 2. The van der Waals surface area contributed by atoms with Gasteiger partial charge in [0.25, 0.3) is 5.91 Å². The number of para-hydroxylation sites is 1. The lowest BCUT2D eigenvalue weighted by Crippen LogP contribution is -2.33. The Morgan fingerprint density at radius 1 is 1.16 bits per heavy atom. The van der Waals surface area contributed by atoms with Crippen molar-refractivity contribution in [3.05, 3.63) is 92.1 Å². The van der Waals surface area contributed by atoms with Crippen molar-refractivity contribution in [2.45, 2.75) is 19.6 Å². The van der Waals surface area contributed by atoms with Gasteiger partial charge in [-0.2, -0.15) is 18.3 Å². The van der Waals surface area contributed by atoms with Crippen LogP contribution in [0.1, 0.15) is 27.3 Å². The molecular weight excluding hydrogens is 438 g/mol. The second-order valence-corrected chi connectivity index (χ2v) is 7.19. The van der Waals surface area contributed by atoms with Gasteiger partial charge in [-0.05, 0) is 31.2 Å². The summed E-state index contributed by atoms with van der Waals surface area (Å²) in [6, 6.07) is 9.72. The predicted octanol–water partition coefficient (Wildman–Crippen LogP) is 4.62. The van der Waals surface area contributed by atoms with E-state index in [1.165, 1.54) is 50.4 Å². The third-order valence-corrected chi connectivity index (χ3v) is 4.91. The molecule has 3 aromatic rings. The van der Waals surface area contributed by atoms with Crippen LogP contribution in [0, 0.1) is 12.7 Å². The molecule has 1 aromatic heterocycles.